The molecular weight excluding hydrogens is 336 g/mol. The molecule has 0 amide bonds. The Balaban J connectivity index is 2.25. The molecule has 0 radical (unpaired) electrons. The lowest BCUT2D eigenvalue weighted by Gasteiger charge is -2.14. The monoisotopic (exact) mass is 349 g/mol. The van der Waals surface area contributed by atoms with Crippen molar-refractivity contribution in [2.45, 2.75) is 0 Å². The zero-order valence-corrected chi connectivity index (χ0v) is 13.5. The molecule has 9 heteroatoms. The first-order chi connectivity index (χ1) is 10.2. The molecule has 0 fully saturated rings. The van der Waals surface area contributed by atoms with E-state index in [-0.39, 0.29) is 30.4 Å². The van der Waals surface area contributed by atoms with Crippen LogP contribution < -0.4 is 5.44 Å². The molecule has 0 bridgehead atoms. The highest BCUT2D eigenvalue weighted by molar-refractivity contribution is 7.61. The highest BCUT2D eigenvalue weighted by Crippen LogP contribution is 2.46. The second-order valence-corrected chi connectivity index (χ2v) is 6.62. The number of alkyl halides is 2. The van der Waals surface area contributed by atoms with Crippen molar-refractivity contribution in [1.29, 1.82) is 0 Å². The average molecular weight is 350 g/mol. The Kier molecular flexibility index (Phi) is 6.21. The second kappa shape index (κ2) is 7.92. The van der Waals surface area contributed by atoms with E-state index in [4.69, 9.17) is 32.2 Å². The van der Waals surface area contributed by atoms with Gasteiger partial charge in [-0.05, 0) is 12.1 Å². The van der Waals surface area contributed by atoms with Gasteiger partial charge in [-0.15, -0.1) is 28.3 Å². The molecule has 0 spiro atoms. The molecule has 0 aliphatic heterocycles. The van der Waals surface area contributed by atoms with Gasteiger partial charge in [-0.1, -0.05) is 23.4 Å². The summed E-state index contributed by atoms with van der Waals surface area (Å²) in [6.45, 7) is 0.165. The van der Waals surface area contributed by atoms with Crippen LogP contribution in [0.1, 0.15) is 0 Å². The van der Waals surface area contributed by atoms with Crippen LogP contribution in [0, 0.1) is 0 Å². The van der Waals surface area contributed by atoms with Gasteiger partial charge in [-0.25, -0.2) is 4.68 Å². The van der Waals surface area contributed by atoms with Crippen molar-refractivity contribution in [1.82, 2.24) is 15.0 Å². The molecule has 2 rings (SSSR count). The average Bonchev–Trinajstić information content (AvgIpc) is 3.02. The first kappa shape index (κ1) is 16.5. The van der Waals surface area contributed by atoms with Crippen molar-refractivity contribution >= 4 is 36.2 Å². The fraction of sp³-hybridized carbons (Fsp3) is 0.333. The van der Waals surface area contributed by atoms with Crippen LogP contribution in [-0.2, 0) is 13.6 Å². The zero-order valence-electron chi connectivity index (χ0n) is 11.1. The third-order valence-corrected chi connectivity index (χ3v) is 4.58. The third kappa shape index (κ3) is 4.28. The summed E-state index contributed by atoms with van der Waals surface area (Å²) in [5, 5.41) is 7.82. The van der Waals surface area contributed by atoms with Crippen LogP contribution in [0.25, 0.3) is 5.69 Å². The van der Waals surface area contributed by atoms with Crippen LogP contribution in [0.3, 0.4) is 0 Å². The van der Waals surface area contributed by atoms with Crippen molar-refractivity contribution in [3.05, 3.63) is 36.5 Å². The summed E-state index contributed by atoms with van der Waals surface area (Å²) >= 11 is 11.1. The maximum absolute atomic E-state index is 12.7. The predicted octanol–water partition coefficient (Wildman–Crippen LogP) is 2.60. The summed E-state index contributed by atoms with van der Waals surface area (Å²) in [5.74, 6) is 0.391. The Bertz CT molecular complexity index is 597. The minimum Gasteiger partial charge on any atom is -0.303 e. The molecule has 0 unspecified atom stereocenters. The molecule has 1 heterocycles. The normalized spacial score (nSPS) is 11.7. The largest absolute Gasteiger partial charge is 0.383 e. The lowest BCUT2D eigenvalue weighted by atomic mass is 10.3. The van der Waals surface area contributed by atoms with Crippen LogP contribution in [0.15, 0.2) is 36.5 Å². The number of rotatable bonds is 8. The van der Waals surface area contributed by atoms with Gasteiger partial charge < -0.3 is 9.05 Å². The molecule has 0 saturated carbocycles. The molecule has 0 saturated heterocycles. The molecule has 6 nitrogen and oxygen atoms in total. The summed E-state index contributed by atoms with van der Waals surface area (Å²) in [4.78, 5) is 0. The number of hydrogen-bond acceptors (Lipinski definition) is 5. The number of nitrogens with zero attached hydrogens (tertiary/aromatic N) is 3. The highest BCUT2D eigenvalue weighted by atomic mass is 35.5. The lowest BCUT2D eigenvalue weighted by molar-refractivity contribution is 0.231. The van der Waals surface area contributed by atoms with Crippen LogP contribution in [0.2, 0.25) is 0 Å². The number of benzene rings is 1. The Morgan fingerprint density at radius 2 is 1.71 bits per heavy atom. The van der Waals surface area contributed by atoms with E-state index < -0.39 is 7.60 Å². The van der Waals surface area contributed by atoms with Gasteiger partial charge >= 0.3 is 7.60 Å². The molecule has 1 aromatic carbocycles. The molecule has 0 N–H and O–H groups in total. The van der Waals surface area contributed by atoms with E-state index in [1.807, 2.05) is 30.3 Å². The van der Waals surface area contributed by atoms with Crippen LogP contribution in [-0.4, -0.2) is 40.0 Å². The lowest BCUT2D eigenvalue weighted by Crippen LogP contribution is -2.14. The maximum Gasteiger partial charge on any atom is 0.383 e. The maximum atomic E-state index is 12.7. The van der Waals surface area contributed by atoms with E-state index in [0.29, 0.717) is 0 Å². The number of aromatic nitrogens is 3. The van der Waals surface area contributed by atoms with Gasteiger partial charge in [0.25, 0.3) is 0 Å². The zero-order chi connectivity index (χ0) is 15.1. The fourth-order valence-electron chi connectivity index (χ4n) is 1.57. The van der Waals surface area contributed by atoms with E-state index in [2.05, 4.69) is 10.3 Å². The minimum atomic E-state index is -3.57. The smallest absolute Gasteiger partial charge is 0.303 e. The SMILES string of the molecule is O=P(OCCCl)(OCCCl)c1cn(-c2ccccc2)nn1. The van der Waals surface area contributed by atoms with Gasteiger partial charge in [0, 0.05) is 11.8 Å². The predicted molar refractivity (Wildman–Crippen MR) is 81.9 cm³/mol. The molecule has 0 atom stereocenters. The number of para-hydroxylation sites is 1. The third-order valence-electron chi connectivity index (χ3n) is 2.46. The number of hydrogen-bond donors (Lipinski definition) is 0. The van der Waals surface area contributed by atoms with Crippen molar-refractivity contribution in [3.63, 3.8) is 0 Å². The Hall–Kier alpha value is -0.910. The van der Waals surface area contributed by atoms with Crippen molar-refractivity contribution in [3.8, 4) is 5.69 Å². The van der Waals surface area contributed by atoms with Crippen LogP contribution >= 0.6 is 30.8 Å². The molecule has 0 aliphatic carbocycles. The first-order valence-electron chi connectivity index (χ1n) is 6.19. The topological polar surface area (TPSA) is 66.2 Å². The van der Waals surface area contributed by atoms with Gasteiger partial charge in [-0.2, -0.15) is 0 Å². The van der Waals surface area contributed by atoms with E-state index in [1.165, 1.54) is 10.9 Å². The Labute approximate surface area is 132 Å². The standard InChI is InChI=1S/C12H14Cl2N3O3P/c13-6-8-19-21(18,20-9-7-14)12-10-17(16-15-12)11-4-2-1-3-5-11/h1-5,10H,6-9H2. The fourth-order valence-corrected chi connectivity index (χ4v) is 3.34. The quantitative estimate of drug-likeness (QED) is 0.541. The van der Waals surface area contributed by atoms with Crippen molar-refractivity contribution < 1.29 is 13.6 Å². The summed E-state index contributed by atoms with van der Waals surface area (Å²) in [7, 11) is -3.57. The van der Waals surface area contributed by atoms with Gasteiger partial charge in [0.2, 0.25) is 0 Å². The summed E-state index contributed by atoms with van der Waals surface area (Å²) in [6.07, 6.45) is 1.51. The summed E-state index contributed by atoms with van der Waals surface area (Å²) in [5.41, 5.74) is 0.916. The van der Waals surface area contributed by atoms with Crippen molar-refractivity contribution in [2.75, 3.05) is 25.0 Å². The summed E-state index contributed by atoms with van der Waals surface area (Å²) < 4.78 is 24.7. The summed E-state index contributed by atoms with van der Waals surface area (Å²) in [6, 6.07) is 9.32. The van der Waals surface area contributed by atoms with E-state index in [1.54, 1.807) is 0 Å². The Morgan fingerprint density at radius 3 is 2.29 bits per heavy atom. The van der Waals surface area contributed by atoms with Crippen molar-refractivity contribution in [2.24, 2.45) is 0 Å². The molecule has 114 valence electrons. The molecule has 21 heavy (non-hydrogen) atoms. The molecule has 2 aromatic rings. The van der Waals surface area contributed by atoms with Crippen LogP contribution in [0.4, 0.5) is 0 Å². The van der Waals surface area contributed by atoms with Gasteiger partial charge in [-0.3, -0.25) is 4.57 Å². The van der Waals surface area contributed by atoms with Crippen LogP contribution in [0.5, 0.6) is 0 Å². The van der Waals surface area contributed by atoms with Gasteiger partial charge in [0.05, 0.1) is 25.1 Å². The van der Waals surface area contributed by atoms with E-state index in [0.717, 1.165) is 5.69 Å². The molecule has 0 aliphatic rings. The number of halogens is 2. The van der Waals surface area contributed by atoms with E-state index >= 15 is 0 Å². The van der Waals surface area contributed by atoms with Gasteiger partial charge in [0.1, 0.15) is 0 Å². The van der Waals surface area contributed by atoms with Gasteiger partial charge in [0.15, 0.2) is 5.44 Å². The molecular formula is C12H14Cl2N3O3P. The first-order valence-corrected chi connectivity index (χ1v) is 8.80. The Morgan fingerprint density at radius 1 is 1.10 bits per heavy atom. The highest BCUT2D eigenvalue weighted by Gasteiger charge is 2.31. The second-order valence-electron chi connectivity index (χ2n) is 3.90. The van der Waals surface area contributed by atoms with E-state index in [9.17, 15) is 4.57 Å². The minimum absolute atomic E-state index is 0.0827. The molecule has 1 aromatic heterocycles.